The summed E-state index contributed by atoms with van der Waals surface area (Å²) in [6.07, 6.45) is 7.54. The van der Waals surface area contributed by atoms with Crippen LogP contribution in [0.15, 0.2) is 290 Å². The number of aryl methyl sites for hydroxylation is 5. The van der Waals surface area contributed by atoms with E-state index < -0.39 is 0 Å². The number of ether oxygens (including phenoxy) is 1. The van der Waals surface area contributed by atoms with Crippen LogP contribution >= 0.6 is 0 Å². The molecule has 0 atom stereocenters. The van der Waals surface area contributed by atoms with E-state index in [2.05, 4.69) is 162 Å². The number of aromatic nitrogens is 25. The number of hydrogen-bond donors (Lipinski definition) is 4. The molecule has 4 N–H and O–H groups in total. The molecule has 8 aromatic carbocycles. The van der Waals surface area contributed by atoms with Gasteiger partial charge in [-0.15, -0.1) is 45.4 Å². The first-order valence-corrected chi connectivity index (χ1v) is 35.5. The molecule has 21 aromatic rings. The Morgan fingerprint density at radius 1 is 0.396 bits per heavy atom. The minimum absolute atomic E-state index is 0.306. The highest BCUT2D eigenvalue weighted by molar-refractivity contribution is 5.80. The molecule has 0 bridgehead atoms. The van der Waals surface area contributed by atoms with Crippen molar-refractivity contribution >= 4 is 34.3 Å². The van der Waals surface area contributed by atoms with Crippen LogP contribution in [-0.2, 0) is 0 Å². The van der Waals surface area contributed by atoms with E-state index in [0.29, 0.717) is 41.0 Å². The van der Waals surface area contributed by atoms with Gasteiger partial charge in [0.2, 0.25) is 29.1 Å². The Labute approximate surface area is 631 Å². The second-order valence-electron chi connectivity index (χ2n) is 25.8. The number of pyridine rings is 1. The van der Waals surface area contributed by atoms with Gasteiger partial charge in [0, 0.05) is 75.5 Å². The highest BCUT2D eigenvalue weighted by Crippen LogP contribution is 2.32. The standard InChI is InChI=1S/C23H16N4.C21H18N6.C15H11N5.C14H12N6O.C11H10N4O/c1-4-10-17(11-5-1)16-20-21(18-12-6-2-7-13-18)25-27-23(20)24-22(26-27)19-14-8-3-9-15-19;1-14-4-8-16(9-5-14)18-19(26-13-3-12-22-26)21-23-20(25-27(21)24-18)17-10-6-15(2)7-11-17;1-2-6-11(7-3-1)13-10-14-17-15(19-20(14)18-13)12-8-4-5-9-16-12;1-8-3-5-10(6-4-8)13-16-17-14(21-13)12-15-11-7-9(2)18-20(11)19-12;1-8-12-10-7-11(14-15(10)13-8)16-9-5-3-2-4-6-9/h1-16H;3-13,24H,1-2H3;1-10,18H;3-7,18H,1-2H3;2-7H,1H3,(H,12,13)/b20-16-;;;;. The van der Waals surface area contributed by atoms with Crippen LogP contribution in [0, 0.1) is 34.6 Å². The molecule has 13 aromatic heterocycles. The zero-order chi connectivity index (χ0) is 75.2. The van der Waals surface area contributed by atoms with Crippen molar-refractivity contribution in [1.29, 1.82) is 0 Å². The van der Waals surface area contributed by atoms with Gasteiger partial charge >= 0.3 is 0 Å². The van der Waals surface area contributed by atoms with Crippen LogP contribution < -0.4 is 9.96 Å². The van der Waals surface area contributed by atoms with Crippen LogP contribution in [-0.4, -0.2) is 124 Å². The molecule has 13 heterocycles. The van der Waals surface area contributed by atoms with Gasteiger partial charge in [0.25, 0.3) is 5.89 Å². The van der Waals surface area contributed by atoms with Crippen LogP contribution in [0.5, 0.6) is 11.6 Å². The average molecular weight is 1460 g/mol. The maximum Gasteiger partial charge on any atom is 0.288 e. The zero-order valence-electron chi connectivity index (χ0n) is 60.4. The second kappa shape index (κ2) is 30.4. The number of fused-ring (bicyclic) bond motifs is 5. The number of nitrogens with one attached hydrogen (secondary N) is 4. The molecule has 21 rings (SSSR count). The number of hydrogen-bond acceptors (Lipinski definition) is 17. The van der Waals surface area contributed by atoms with Crippen molar-refractivity contribution < 1.29 is 9.15 Å². The van der Waals surface area contributed by atoms with Crippen LogP contribution in [0.4, 0.5) is 0 Å². The molecule has 540 valence electrons. The number of aromatic amines is 4. The molecule has 27 nitrogen and oxygen atoms in total. The van der Waals surface area contributed by atoms with Gasteiger partial charge in [-0.3, -0.25) is 25.4 Å². The molecular weight excluding hydrogens is 1390 g/mol. The first-order chi connectivity index (χ1) is 54.5. The van der Waals surface area contributed by atoms with Crippen molar-refractivity contribution in [2.24, 2.45) is 0 Å². The predicted molar refractivity (Wildman–Crippen MR) is 422 cm³/mol. The summed E-state index contributed by atoms with van der Waals surface area (Å²) in [5, 5.41) is 53.0. The average Bonchev–Trinajstić information content (AvgIpc) is 1.60. The molecule has 0 unspecified atom stereocenters. The minimum Gasteiger partial charge on any atom is -0.437 e. The van der Waals surface area contributed by atoms with E-state index in [0.717, 1.165) is 118 Å². The lowest BCUT2D eigenvalue weighted by molar-refractivity contribution is 0.455. The molecule has 0 saturated carbocycles. The van der Waals surface area contributed by atoms with Gasteiger partial charge in [-0.1, -0.05) is 223 Å². The predicted octanol–water partition coefficient (Wildman–Crippen LogP) is 15.5. The van der Waals surface area contributed by atoms with Gasteiger partial charge in [-0.2, -0.15) is 23.6 Å². The molecule has 0 aliphatic carbocycles. The van der Waals surface area contributed by atoms with Crippen LogP contribution in [0.25, 0.3) is 131 Å². The molecule has 0 fully saturated rings. The summed E-state index contributed by atoms with van der Waals surface area (Å²) in [5.41, 5.74) is 20.0. The summed E-state index contributed by atoms with van der Waals surface area (Å²) in [6, 6.07) is 87.7. The van der Waals surface area contributed by atoms with Gasteiger partial charge in [0.15, 0.2) is 34.2 Å². The third-order valence-electron chi connectivity index (χ3n) is 17.6. The Balaban J connectivity index is 0.000000102. The lowest BCUT2D eigenvalue weighted by atomic mass is 10.1. The van der Waals surface area contributed by atoms with E-state index in [1.54, 1.807) is 41.6 Å². The number of nitrogens with zero attached hydrogens (tertiary/aromatic N) is 21. The number of benzene rings is 8. The molecule has 111 heavy (non-hydrogen) atoms. The van der Waals surface area contributed by atoms with Gasteiger partial charge in [-0.25, -0.2) is 29.6 Å². The topological polar surface area (TPSA) is 306 Å². The Morgan fingerprint density at radius 3 is 1.61 bits per heavy atom. The number of para-hydroxylation sites is 1. The van der Waals surface area contributed by atoms with Crippen LogP contribution in [0.2, 0.25) is 0 Å². The summed E-state index contributed by atoms with van der Waals surface area (Å²) >= 11 is 0. The highest BCUT2D eigenvalue weighted by atomic mass is 16.5. The van der Waals surface area contributed by atoms with Gasteiger partial charge in [0.05, 0.1) is 11.4 Å². The first-order valence-electron chi connectivity index (χ1n) is 35.5. The third-order valence-corrected chi connectivity index (χ3v) is 17.6. The summed E-state index contributed by atoms with van der Waals surface area (Å²) in [6.45, 7) is 10.0. The Kier molecular flexibility index (Phi) is 18.8. The van der Waals surface area contributed by atoms with Crippen LogP contribution in [0.3, 0.4) is 0 Å². The lowest BCUT2D eigenvalue weighted by Gasteiger charge is -2.04. The smallest absolute Gasteiger partial charge is 0.288 e. The van der Waals surface area contributed by atoms with Crippen molar-refractivity contribution in [3.8, 4) is 109 Å². The van der Waals surface area contributed by atoms with E-state index in [1.807, 2.05) is 232 Å². The molecule has 0 radical (unpaired) electrons. The zero-order valence-corrected chi connectivity index (χ0v) is 60.4. The van der Waals surface area contributed by atoms with Gasteiger partial charge in [0.1, 0.15) is 28.6 Å². The lowest BCUT2D eigenvalue weighted by Crippen LogP contribution is -2.04. The quantitative estimate of drug-likeness (QED) is 0.0883. The van der Waals surface area contributed by atoms with Crippen LogP contribution in [0.1, 0.15) is 33.8 Å². The largest absolute Gasteiger partial charge is 0.437 e. The summed E-state index contributed by atoms with van der Waals surface area (Å²) < 4.78 is 21.3. The van der Waals surface area contributed by atoms with Crippen molar-refractivity contribution in [2.75, 3.05) is 0 Å². The molecular formula is C84H67N25O2. The fourth-order valence-electron chi connectivity index (χ4n) is 12.1. The van der Waals surface area contributed by atoms with Crippen molar-refractivity contribution in [3.05, 3.63) is 325 Å². The fourth-order valence-corrected chi connectivity index (χ4v) is 12.1. The van der Waals surface area contributed by atoms with Gasteiger partial charge in [-0.05, 0) is 94.3 Å². The summed E-state index contributed by atoms with van der Waals surface area (Å²) in [5.74, 6) is 5.28. The molecule has 0 spiro atoms. The molecule has 0 amide bonds. The maximum absolute atomic E-state index is 5.65. The van der Waals surface area contributed by atoms with E-state index in [4.69, 9.17) is 24.2 Å². The maximum atomic E-state index is 5.65. The van der Waals surface area contributed by atoms with Crippen molar-refractivity contribution in [1.82, 2.24) is 124 Å². The molecule has 0 aliphatic heterocycles. The van der Waals surface area contributed by atoms with E-state index in [1.165, 1.54) is 16.7 Å². The summed E-state index contributed by atoms with van der Waals surface area (Å²) in [4.78, 5) is 26.9. The highest BCUT2D eigenvalue weighted by Gasteiger charge is 2.22. The first kappa shape index (κ1) is 68.4. The minimum atomic E-state index is 0.306. The second-order valence-corrected chi connectivity index (χ2v) is 25.8. The fraction of sp³-hybridized carbons (Fsp3) is 0.0595. The molecule has 0 aliphatic rings. The normalized spacial score (nSPS) is 11.3. The molecule has 0 saturated heterocycles. The van der Waals surface area contributed by atoms with E-state index in [9.17, 15) is 0 Å². The Bertz CT molecular complexity index is 6530. The SMILES string of the molecule is C(/c1ccccc1)=c1\c(-c2ccccc2)nn2nc(-c3ccccc3)nc12.Cc1ccc(-c2nc3c(-n4cccn4)c(-c4ccc(C)cc4)[nH]n3n2)cc1.Cc1ccc(-c2nnc(-c3nc4cc(C)[nH]n4n3)o2)cc1.Cc1nc2cc(Oc3ccccc3)nn2[nH]1.c1ccc(-c2cc3nc(-c4ccccn4)nn3[nH]2)cc1. The monoisotopic (exact) mass is 1460 g/mol. The Hall–Kier alpha value is -15.7. The number of rotatable bonds is 12. The van der Waals surface area contributed by atoms with Crippen molar-refractivity contribution in [3.63, 3.8) is 0 Å². The van der Waals surface area contributed by atoms with E-state index in [-0.39, 0.29) is 0 Å². The molecule has 27 heteroatoms. The van der Waals surface area contributed by atoms with Gasteiger partial charge < -0.3 is 9.15 Å². The summed E-state index contributed by atoms with van der Waals surface area (Å²) in [7, 11) is 0. The third kappa shape index (κ3) is 15.2. The Morgan fingerprint density at radius 2 is 0.955 bits per heavy atom. The van der Waals surface area contributed by atoms with Crippen molar-refractivity contribution in [2.45, 2.75) is 34.6 Å². The van der Waals surface area contributed by atoms with E-state index >= 15 is 0 Å². The number of H-pyrrole nitrogens is 4.